The Balaban J connectivity index is 1.76. The van der Waals surface area contributed by atoms with Crippen molar-refractivity contribution < 1.29 is 4.74 Å². The van der Waals surface area contributed by atoms with Gasteiger partial charge in [0.25, 0.3) is 0 Å². The van der Waals surface area contributed by atoms with Crippen LogP contribution >= 0.6 is 22.9 Å². The summed E-state index contributed by atoms with van der Waals surface area (Å²) in [6, 6.07) is 6.21. The fraction of sp³-hybridized carbons (Fsp3) is 0.333. The van der Waals surface area contributed by atoms with Gasteiger partial charge in [0.05, 0.1) is 6.61 Å². The molecule has 1 aromatic heterocycles. The Labute approximate surface area is 122 Å². The average molecular weight is 294 g/mol. The van der Waals surface area contributed by atoms with E-state index >= 15 is 0 Å². The van der Waals surface area contributed by atoms with Crippen molar-refractivity contribution in [1.29, 1.82) is 0 Å². The van der Waals surface area contributed by atoms with Gasteiger partial charge < -0.3 is 10.5 Å². The highest BCUT2D eigenvalue weighted by Crippen LogP contribution is 2.33. The van der Waals surface area contributed by atoms with Crippen molar-refractivity contribution in [1.82, 2.24) is 0 Å². The first-order valence-corrected chi connectivity index (χ1v) is 7.75. The zero-order valence-electron chi connectivity index (χ0n) is 10.6. The second kappa shape index (κ2) is 5.53. The molecule has 3 rings (SSSR count). The largest absolute Gasteiger partial charge is 0.493 e. The molecule has 19 heavy (non-hydrogen) atoms. The van der Waals surface area contributed by atoms with E-state index in [9.17, 15) is 0 Å². The number of ether oxygens (including phenoxy) is 1. The van der Waals surface area contributed by atoms with Crippen LogP contribution in [0.15, 0.2) is 29.0 Å². The summed E-state index contributed by atoms with van der Waals surface area (Å²) in [5, 5.41) is 5.02. The van der Waals surface area contributed by atoms with E-state index in [2.05, 4.69) is 16.8 Å². The molecule has 2 aromatic rings. The van der Waals surface area contributed by atoms with Crippen molar-refractivity contribution in [2.24, 2.45) is 5.73 Å². The molecule has 4 heteroatoms. The summed E-state index contributed by atoms with van der Waals surface area (Å²) in [6.45, 7) is 0.752. The van der Waals surface area contributed by atoms with E-state index in [1.807, 2.05) is 12.1 Å². The van der Waals surface area contributed by atoms with E-state index < -0.39 is 0 Å². The van der Waals surface area contributed by atoms with Gasteiger partial charge in [-0.1, -0.05) is 11.6 Å². The molecule has 0 saturated heterocycles. The average Bonchev–Trinajstić information content (AvgIpc) is 2.99. The zero-order chi connectivity index (χ0) is 13.2. The Morgan fingerprint density at radius 1 is 1.37 bits per heavy atom. The Kier molecular flexibility index (Phi) is 3.78. The van der Waals surface area contributed by atoms with Gasteiger partial charge in [-0.15, -0.1) is 0 Å². The molecule has 1 unspecified atom stereocenters. The standard InChI is InChI=1S/C15H16ClNOS/c16-13-6-11-1-3-18-15(11)12(7-13)8-14(17)5-10-2-4-19-9-10/h2,4,6-7,9,14H,1,3,5,8,17H2. The summed E-state index contributed by atoms with van der Waals surface area (Å²) in [5.41, 5.74) is 9.90. The van der Waals surface area contributed by atoms with Crippen LogP contribution in [-0.4, -0.2) is 12.6 Å². The van der Waals surface area contributed by atoms with Gasteiger partial charge in [-0.3, -0.25) is 0 Å². The molecule has 0 saturated carbocycles. The van der Waals surface area contributed by atoms with Gasteiger partial charge in [-0.25, -0.2) is 0 Å². The van der Waals surface area contributed by atoms with Crippen LogP contribution in [0.2, 0.25) is 5.02 Å². The monoisotopic (exact) mass is 293 g/mol. The third-order valence-electron chi connectivity index (χ3n) is 3.39. The van der Waals surface area contributed by atoms with E-state index in [1.54, 1.807) is 11.3 Å². The van der Waals surface area contributed by atoms with Crippen LogP contribution < -0.4 is 10.5 Å². The van der Waals surface area contributed by atoms with Gasteiger partial charge in [-0.05, 0) is 58.5 Å². The summed E-state index contributed by atoms with van der Waals surface area (Å²) < 4.78 is 5.71. The quantitative estimate of drug-likeness (QED) is 0.937. The minimum atomic E-state index is 0.0985. The molecule has 0 amide bonds. The normalized spacial score (nSPS) is 15.1. The van der Waals surface area contributed by atoms with Gasteiger partial charge in [-0.2, -0.15) is 11.3 Å². The highest BCUT2D eigenvalue weighted by molar-refractivity contribution is 7.07. The molecule has 0 fully saturated rings. The van der Waals surface area contributed by atoms with Crippen molar-refractivity contribution in [3.05, 3.63) is 50.7 Å². The second-order valence-electron chi connectivity index (χ2n) is 4.95. The molecule has 100 valence electrons. The number of halogens is 1. The molecule has 2 heterocycles. The molecule has 0 spiro atoms. The van der Waals surface area contributed by atoms with Crippen LogP contribution in [0.4, 0.5) is 0 Å². The van der Waals surface area contributed by atoms with E-state index in [-0.39, 0.29) is 6.04 Å². The summed E-state index contributed by atoms with van der Waals surface area (Å²) >= 11 is 7.87. The Morgan fingerprint density at radius 2 is 2.26 bits per heavy atom. The molecule has 1 aliphatic heterocycles. The van der Waals surface area contributed by atoms with Crippen LogP contribution in [0.1, 0.15) is 16.7 Å². The summed E-state index contributed by atoms with van der Waals surface area (Å²) in [6.07, 6.45) is 2.65. The van der Waals surface area contributed by atoms with Crippen LogP contribution in [0.5, 0.6) is 5.75 Å². The minimum absolute atomic E-state index is 0.0985. The fourth-order valence-electron chi connectivity index (χ4n) is 2.56. The molecule has 1 aromatic carbocycles. The van der Waals surface area contributed by atoms with E-state index in [4.69, 9.17) is 22.1 Å². The molecule has 0 radical (unpaired) electrons. The van der Waals surface area contributed by atoms with E-state index in [0.717, 1.165) is 42.2 Å². The summed E-state index contributed by atoms with van der Waals surface area (Å²) in [4.78, 5) is 0. The number of benzene rings is 1. The second-order valence-corrected chi connectivity index (χ2v) is 6.17. The van der Waals surface area contributed by atoms with Crippen LogP contribution in [0.25, 0.3) is 0 Å². The third-order valence-corrected chi connectivity index (χ3v) is 4.34. The number of thiophene rings is 1. The lowest BCUT2D eigenvalue weighted by atomic mass is 9.98. The third kappa shape index (κ3) is 2.94. The predicted octanol–water partition coefficient (Wildman–Crippen LogP) is 3.45. The maximum absolute atomic E-state index is 6.25. The number of rotatable bonds is 4. The summed E-state index contributed by atoms with van der Waals surface area (Å²) in [7, 11) is 0. The van der Waals surface area contributed by atoms with E-state index in [0.29, 0.717) is 0 Å². The van der Waals surface area contributed by atoms with Crippen molar-refractivity contribution in [2.45, 2.75) is 25.3 Å². The van der Waals surface area contributed by atoms with Crippen molar-refractivity contribution in [3.63, 3.8) is 0 Å². The summed E-state index contributed by atoms with van der Waals surface area (Å²) in [5.74, 6) is 1.00. The molecular formula is C15H16ClNOS. The maximum atomic E-state index is 6.25. The SMILES string of the molecule is NC(Cc1ccsc1)Cc1cc(Cl)cc2c1OCC2. The molecule has 2 nitrogen and oxygen atoms in total. The molecular weight excluding hydrogens is 278 g/mol. The van der Waals surface area contributed by atoms with Gasteiger partial charge >= 0.3 is 0 Å². The molecule has 0 aliphatic carbocycles. The Bertz CT molecular complexity index is 568. The zero-order valence-corrected chi connectivity index (χ0v) is 12.1. The Hall–Kier alpha value is -1.03. The number of nitrogens with two attached hydrogens (primary N) is 1. The lowest BCUT2D eigenvalue weighted by Gasteiger charge is -2.14. The molecule has 1 atom stereocenters. The smallest absolute Gasteiger partial charge is 0.125 e. The van der Waals surface area contributed by atoms with Crippen LogP contribution in [0, 0.1) is 0 Å². The highest BCUT2D eigenvalue weighted by atomic mass is 35.5. The number of hydrogen-bond donors (Lipinski definition) is 1. The number of hydrogen-bond acceptors (Lipinski definition) is 3. The maximum Gasteiger partial charge on any atom is 0.125 e. The number of fused-ring (bicyclic) bond motifs is 1. The van der Waals surface area contributed by atoms with Gasteiger partial charge in [0.1, 0.15) is 5.75 Å². The fourth-order valence-corrected chi connectivity index (χ4v) is 3.51. The van der Waals surface area contributed by atoms with Gasteiger partial charge in [0, 0.05) is 17.5 Å². The first-order valence-electron chi connectivity index (χ1n) is 6.43. The van der Waals surface area contributed by atoms with Gasteiger partial charge in [0.15, 0.2) is 0 Å². The molecule has 2 N–H and O–H groups in total. The Morgan fingerprint density at radius 3 is 3.05 bits per heavy atom. The van der Waals surface area contributed by atoms with Crippen molar-refractivity contribution in [3.8, 4) is 5.75 Å². The van der Waals surface area contributed by atoms with Crippen molar-refractivity contribution >= 4 is 22.9 Å². The molecule has 1 aliphatic rings. The topological polar surface area (TPSA) is 35.2 Å². The lowest BCUT2D eigenvalue weighted by Crippen LogP contribution is -2.25. The first kappa shape index (κ1) is 13.0. The highest BCUT2D eigenvalue weighted by Gasteiger charge is 2.19. The van der Waals surface area contributed by atoms with Crippen molar-refractivity contribution in [2.75, 3.05) is 6.61 Å². The van der Waals surface area contributed by atoms with E-state index in [1.165, 1.54) is 11.1 Å². The first-order chi connectivity index (χ1) is 9.22. The minimum Gasteiger partial charge on any atom is -0.493 e. The lowest BCUT2D eigenvalue weighted by molar-refractivity contribution is 0.352. The van der Waals surface area contributed by atoms with Crippen LogP contribution in [-0.2, 0) is 19.3 Å². The molecule has 0 bridgehead atoms. The van der Waals surface area contributed by atoms with Crippen LogP contribution in [0.3, 0.4) is 0 Å². The van der Waals surface area contributed by atoms with Gasteiger partial charge in [0.2, 0.25) is 0 Å². The predicted molar refractivity (Wildman–Crippen MR) is 80.4 cm³/mol.